The lowest BCUT2D eigenvalue weighted by molar-refractivity contribution is 0.378. The molecule has 0 aromatic heterocycles. The average molecular weight is 221 g/mol. The molecule has 7 heteroatoms. The molecule has 1 rings (SSSR count). The Morgan fingerprint density at radius 2 is 2.00 bits per heavy atom. The second-order valence-corrected chi connectivity index (χ2v) is 4.84. The van der Waals surface area contributed by atoms with Gasteiger partial charge in [0.05, 0.1) is 12.7 Å². The van der Waals surface area contributed by atoms with Crippen LogP contribution in [0.25, 0.3) is 0 Å². The molecule has 1 aliphatic rings. The summed E-state index contributed by atoms with van der Waals surface area (Å²) in [5.74, 6) is 0. The van der Waals surface area contributed by atoms with Crippen LogP contribution in [0.2, 0.25) is 0 Å². The zero-order valence-corrected chi connectivity index (χ0v) is 8.83. The lowest BCUT2D eigenvalue weighted by Gasteiger charge is -2.07. The summed E-state index contributed by atoms with van der Waals surface area (Å²) in [6.07, 6.45) is -0.236. The molecule has 6 nitrogen and oxygen atoms in total. The summed E-state index contributed by atoms with van der Waals surface area (Å²) in [7, 11) is -3.97. The van der Waals surface area contributed by atoms with Gasteiger partial charge in [-0.2, -0.15) is 0 Å². The Kier molecular flexibility index (Phi) is 4.71. The number of hydrogen-bond donors (Lipinski definition) is 4. The third-order valence-electron chi connectivity index (χ3n) is 1.82. The highest BCUT2D eigenvalue weighted by Crippen LogP contribution is 2.33. The van der Waals surface area contributed by atoms with E-state index in [1.165, 1.54) is 0 Å². The molecule has 0 aromatic rings. The molecule has 1 heterocycles. The molecule has 0 bridgehead atoms. The molecule has 0 fully saturated rings. The van der Waals surface area contributed by atoms with Crippen molar-refractivity contribution in [1.82, 2.24) is 10.6 Å². The Labute approximate surface area is 83.0 Å². The van der Waals surface area contributed by atoms with Crippen molar-refractivity contribution < 1.29 is 14.4 Å². The number of nitrogens with zero attached hydrogens (tertiary/aromatic N) is 1. The van der Waals surface area contributed by atoms with Gasteiger partial charge in [-0.1, -0.05) is 0 Å². The third kappa shape index (κ3) is 5.47. The Morgan fingerprint density at radius 3 is 2.71 bits per heavy atom. The van der Waals surface area contributed by atoms with Gasteiger partial charge in [-0.15, -0.1) is 0 Å². The van der Waals surface area contributed by atoms with Gasteiger partial charge < -0.3 is 20.4 Å². The van der Waals surface area contributed by atoms with Crippen LogP contribution in [0.3, 0.4) is 0 Å². The topological polar surface area (TPSA) is 94.0 Å². The van der Waals surface area contributed by atoms with Crippen molar-refractivity contribution >= 4 is 13.3 Å². The van der Waals surface area contributed by atoms with Gasteiger partial charge in [-0.05, 0) is 0 Å². The highest BCUT2D eigenvalue weighted by molar-refractivity contribution is 7.52. The Hall–Kier alpha value is -0.260. The van der Waals surface area contributed by atoms with Crippen LogP contribution in [0.5, 0.6) is 0 Å². The van der Waals surface area contributed by atoms with E-state index >= 15 is 0 Å². The molecular weight excluding hydrogens is 205 g/mol. The molecule has 0 unspecified atom stereocenters. The minimum atomic E-state index is -3.97. The van der Waals surface area contributed by atoms with Gasteiger partial charge in [-0.3, -0.25) is 9.56 Å². The Morgan fingerprint density at radius 1 is 1.29 bits per heavy atom. The van der Waals surface area contributed by atoms with Crippen molar-refractivity contribution in [2.45, 2.75) is 0 Å². The van der Waals surface area contributed by atoms with Crippen LogP contribution in [0.4, 0.5) is 0 Å². The maximum atomic E-state index is 10.8. The van der Waals surface area contributed by atoms with Crippen molar-refractivity contribution in [1.29, 1.82) is 0 Å². The fourth-order valence-electron chi connectivity index (χ4n) is 1.23. The largest absolute Gasteiger partial charge is 0.331 e. The quantitative estimate of drug-likeness (QED) is 0.439. The predicted molar refractivity (Wildman–Crippen MR) is 55.0 cm³/mol. The smallest absolute Gasteiger partial charge is 0.324 e. The summed E-state index contributed by atoms with van der Waals surface area (Å²) in [6, 6.07) is 0. The van der Waals surface area contributed by atoms with Crippen LogP contribution in [0, 0.1) is 0 Å². The van der Waals surface area contributed by atoms with E-state index < -0.39 is 7.60 Å². The molecule has 0 aromatic carbocycles. The van der Waals surface area contributed by atoms with E-state index in [9.17, 15) is 4.57 Å². The molecule has 0 aliphatic carbocycles. The van der Waals surface area contributed by atoms with Gasteiger partial charge in [0.25, 0.3) is 0 Å². The SMILES string of the molecule is O=P(O)(O)CC1=NCCNCCNC1. The Balaban J connectivity index is 2.50. The second-order valence-electron chi connectivity index (χ2n) is 3.20. The summed E-state index contributed by atoms with van der Waals surface area (Å²) in [6.45, 7) is 3.45. The molecule has 14 heavy (non-hydrogen) atoms. The molecule has 1 aliphatic heterocycles. The lowest BCUT2D eigenvalue weighted by Crippen LogP contribution is -2.30. The number of hydrogen-bond acceptors (Lipinski definition) is 4. The monoisotopic (exact) mass is 221 g/mol. The minimum Gasteiger partial charge on any atom is -0.324 e. The first-order valence-corrected chi connectivity index (χ1v) is 6.36. The van der Waals surface area contributed by atoms with Crippen LogP contribution in [-0.2, 0) is 4.57 Å². The second kappa shape index (κ2) is 5.58. The van der Waals surface area contributed by atoms with E-state index in [0.717, 1.165) is 19.6 Å². The van der Waals surface area contributed by atoms with Crippen LogP contribution in [0.1, 0.15) is 0 Å². The van der Waals surface area contributed by atoms with E-state index in [-0.39, 0.29) is 6.16 Å². The van der Waals surface area contributed by atoms with Crippen LogP contribution in [-0.4, -0.2) is 54.4 Å². The van der Waals surface area contributed by atoms with E-state index in [1.54, 1.807) is 0 Å². The minimum absolute atomic E-state index is 0.236. The molecule has 82 valence electrons. The molecule has 4 N–H and O–H groups in total. The first-order chi connectivity index (χ1) is 6.58. The van der Waals surface area contributed by atoms with Crippen molar-refractivity contribution in [3.8, 4) is 0 Å². The van der Waals surface area contributed by atoms with E-state index in [2.05, 4.69) is 15.6 Å². The number of aliphatic imine (C=N–C) groups is 1. The van der Waals surface area contributed by atoms with Crippen molar-refractivity contribution in [3.05, 3.63) is 0 Å². The maximum Gasteiger partial charge on any atom is 0.331 e. The summed E-state index contributed by atoms with van der Waals surface area (Å²) in [5.41, 5.74) is 0.557. The molecule has 0 radical (unpaired) electrons. The van der Waals surface area contributed by atoms with Gasteiger partial charge in [0.1, 0.15) is 0 Å². The highest BCUT2D eigenvalue weighted by atomic mass is 31.2. The number of nitrogens with one attached hydrogen (secondary N) is 2. The van der Waals surface area contributed by atoms with Gasteiger partial charge in [0, 0.05) is 31.9 Å². The van der Waals surface area contributed by atoms with Crippen LogP contribution in [0.15, 0.2) is 4.99 Å². The van der Waals surface area contributed by atoms with E-state index in [1.807, 2.05) is 0 Å². The summed E-state index contributed by atoms with van der Waals surface area (Å²) in [5, 5.41) is 6.21. The molecule has 0 saturated carbocycles. The standard InChI is InChI=1S/C7H16N3O3P/c11-14(12,13)6-7-5-9-2-1-8-3-4-10-7/h8-9H,1-6H2,(H2,11,12,13). The molecule has 0 spiro atoms. The zero-order valence-electron chi connectivity index (χ0n) is 7.94. The molecule has 0 saturated heterocycles. The number of rotatable bonds is 2. The third-order valence-corrected chi connectivity index (χ3v) is 2.60. The average Bonchev–Trinajstić information content (AvgIpc) is 2.15. The lowest BCUT2D eigenvalue weighted by atomic mass is 10.4. The first-order valence-electron chi connectivity index (χ1n) is 4.56. The van der Waals surface area contributed by atoms with E-state index in [4.69, 9.17) is 9.79 Å². The Bertz CT molecular complexity index is 251. The predicted octanol–water partition coefficient (Wildman–Crippen LogP) is -1.20. The fraction of sp³-hybridized carbons (Fsp3) is 0.857. The van der Waals surface area contributed by atoms with Gasteiger partial charge in [0.2, 0.25) is 0 Å². The molecular formula is C7H16N3O3P. The van der Waals surface area contributed by atoms with Crippen molar-refractivity contribution in [2.75, 3.05) is 38.9 Å². The van der Waals surface area contributed by atoms with E-state index in [0.29, 0.717) is 18.8 Å². The fourth-order valence-corrected chi connectivity index (χ4v) is 1.91. The van der Waals surface area contributed by atoms with Crippen LogP contribution < -0.4 is 10.6 Å². The normalized spacial score (nSPS) is 20.6. The molecule has 0 atom stereocenters. The van der Waals surface area contributed by atoms with Crippen LogP contribution >= 0.6 is 7.60 Å². The zero-order chi connectivity index (χ0) is 10.4. The van der Waals surface area contributed by atoms with Gasteiger partial charge in [-0.25, -0.2) is 0 Å². The van der Waals surface area contributed by atoms with Gasteiger partial charge in [0.15, 0.2) is 0 Å². The van der Waals surface area contributed by atoms with Crippen molar-refractivity contribution in [3.63, 3.8) is 0 Å². The maximum absolute atomic E-state index is 10.8. The van der Waals surface area contributed by atoms with Crippen molar-refractivity contribution in [2.24, 2.45) is 4.99 Å². The van der Waals surface area contributed by atoms with Gasteiger partial charge >= 0.3 is 7.60 Å². The summed E-state index contributed by atoms with van der Waals surface area (Å²) >= 11 is 0. The highest BCUT2D eigenvalue weighted by Gasteiger charge is 2.17. The first kappa shape index (κ1) is 11.8. The summed E-state index contributed by atoms with van der Waals surface area (Å²) < 4.78 is 10.8. The molecule has 0 amide bonds. The summed E-state index contributed by atoms with van der Waals surface area (Å²) in [4.78, 5) is 21.7.